The maximum absolute atomic E-state index is 5.91. The zero-order valence-corrected chi connectivity index (χ0v) is 9.99. The molecule has 4 N–H and O–H groups in total. The van der Waals surface area contributed by atoms with Gasteiger partial charge in [-0.3, -0.25) is 0 Å². The summed E-state index contributed by atoms with van der Waals surface area (Å²) in [6.07, 6.45) is 4.27. The van der Waals surface area contributed by atoms with Crippen LogP contribution in [0.2, 0.25) is 0 Å². The molecule has 0 aliphatic rings. The molecule has 0 spiro atoms. The third-order valence-electron chi connectivity index (χ3n) is 2.51. The minimum absolute atomic E-state index is 0.314. The minimum atomic E-state index is 0.314. The van der Waals surface area contributed by atoms with Crippen molar-refractivity contribution in [2.24, 2.45) is 5.73 Å². The number of benzene rings is 1. The van der Waals surface area contributed by atoms with Gasteiger partial charge in [-0.25, -0.2) is 0 Å². The number of anilines is 1. The standard InChI is InChI=1S/C13H22N2O/c1-2-5-11(14)7-4-9-16-13-8-3-6-12(15)10-13/h3,6,8,10-11H,2,4-5,7,9,14-15H2,1H3. The predicted molar refractivity (Wildman–Crippen MR) is 68.5 cm³/mol. The predicted octanol–water partition coefficient (Wildman–Crippen LogP) is 2.56. The van der Waals surface area contributed by atoms with E-state index in [9.17, 15) is 0 Å². The van der Waals surface area contributed by atoms with Crippen LogP contribution in [0, 0.1) is 0 Å². The minimum Gasteiger partial charge on any atom is -0.494 e. The van der Waals surface area contributed by atoms with E-state index < -0.39 is 0 Å². The van der Waals surface area contributed by atoms with Crippen LogP contribution in [0.4, 0.5) is 5.69 Å². The fourth-order valence-corrected chi connectivity index (χ4v) is 1.66. The van der Waals surface area contributed by atoms with E-state index in [2.05, 4.69) is 6.92 Å². The summed E-state index contributed by atoms with van der Waals surface area (Å²) in [5.41, 5.74) is 12.3. The van der Waals surface area contributed by atoms with Crippen LogP contribution in [0.3, 0.4) is 0 Å². The summed E-state index contributed by atoms with van der Waals surface area (Å²) < 4.78 is 5.58. The molecule has 0 fully saturated rings. The van der Waals surface area contributed by atoms with Gasteiger partial charge in [0.25, 0.3) is 0 Å². The summed E-state index contributed by atoms with van der Waals surface area (Å²) in [6, 6.07) is 7.82. The van der Waals surface area contributed by atoms with Crippen molar-refractivity contribution in [2.75, 3.05) is 12.3 Å². The smallest absolute Gasteiger partial charge is 0.121 e. The van der Waals surface area contributed by atoms with Crippen molar-refractivity contribution in [3.8, 4) is 5.75 Å². The lowest BCUT2D eigenvalue weighted by atomic mass is 10.1. The second kappa shape index (κ2) is 7.12. The lowest BCUT2D eigenvalue weighted by Gasteiger charge is -2.10. The van der Waals surface area contributed by atoms with Gasteiger partial charge in [0, 0.05) is 17.8 Å². The Morgan fingerprint density at radius 1 is 1.31 bits per heavy atom. The van der Waals surface area contributed by atoms with Crippen LogP contribution >= 0.6 is 0 Å². The first-order valence-electron chi connectivity index (χ1n) is 5.96. The van der Waals surface area contributed by atoms with E-state index in [4.69, 9.17) is 16.2 Å². The Bertz CT molecular complexity index is 302. The molecule has 3 nitrogen and oxygen atoms in total. The van der Waals surface area contributed by atoms with Crippen LogP contribution in [-0.2, 0) is 0 Å². The van der Waals surface area contributed by atoms with Crippen LogP contribution in [0.5, 0.6) is 5.75 Å². The molecule has 0 saturated heterocycles. The summed E-state index contributed by atoms with van der Waals surface area (Å²) in [7, 11) is 0. The Kier molecular flexibility index (Phi) is 5.72. The van der Waals surface area contributed by atoms with Crippen LogP contribution < -0.4 is 16.2 Å². The Hall–Kier alpha value is -1.22. The molecule has 16 heavy (non-hydrogen) atoms. The number of nitrogens with two attached hydrogens (primary N) is 2. The van der Waals surface area contributed by atoms with Gasteiger partial charge in [0.15, 0.2) is 0 Å². The molecule has 90 valence electrons. The summed E-state index contributed by atoms with van der Waals surface area (Å²) >= 11 is 0. The van der Waals surface area contributed by atoms with Crippen LogP contribution in [0.15, 0.2) is 24.3 Å². The number of ether oxygens (including phenoxy) is 1. The van der Waals surface area contributed by atoms with Crippen molar-refractivity contribution in [1.82, 2.24) is 0 Å². The summed E-state index contributed by atoms with van der Waals surface area (Å²) in [4.78, 5) is 0. The van der Waals surface area contributed by atoms with Gasteiger partial charge in [0.1, 0.15) is 5.75 Å². The fraction of sp³-hybridized carbons (Fsp3) is 0.538. The summed E-state index contributed by atoms with van der Waals surface area (Å²) in [6.45, 7) is 2.87. The van der Waals surface area contributed by atoms with Crippen molar-refractivity contribution < 1.29 is 4.74 Å². The zero-order chi connectivity index (χ0) is 11.8. The Morgan fingerprint density at radius 3 is 2.81 bits per heavy atom. The molecule has 0 bridgehead atoms. The Morgan fingerprint density at radius 2 is 2.12 bits per heavy atom. The van der Waals surface area contributed by atoms with Gasteiger partial charge in [-0.05, 0) is 31.4 Å². The van der Waals surface area contributed by atoms with Gasteiger partial charge in [-0.2, -0.15) is 0 Å². The molecule has 0 heterocycles. The maximum Gasteiger partial charge on any atom is 0.121 e. The summed E-state index contributed by atoms with van der Waals surface area (Å²) in [5.74, 6) is 0.837. The summed E-state index contributed by atoms with van der Waals surface area (Å²) in [5, 5.41) is 0. The number of hydrogen-bond acceptors (Lipinski definition) is 3. The average Bonchev–Trinajstić information content (AvgIpc) is 2.25. The normalized spacial score (nSPS) is 12.4. The molecule has 0 aromatic heterocycles. The van der Waals surface area contributed by atoms with Gasteiger partial charge in [-0.15, -0.1) is 0 Å². The molecule has 1 rings (SSSR count). The molecule has 1 aromatic rings. The average molecular weight is 222 g/mol. The highest BCUT2D eigenvalue weighted by atomic mass is 16.5. The first-order valence-corrected chi connectivity index (χ1v) is 5.96. The van der Waals surface area contributed by atoms with Crippen LogP contribution in [0.25, 0.3) is 0 Å². The first kappa shape index (κ1) is 12.8. The third kappa shape index (κ3) is 5.03. The number of rotatable bonds is 7. The highest BCUT2D eigenvalue weighted by Crippen LogP contribution is 2.14. The highest BCUT2D eigenvalue weighted by Gasteiger charge is 2.01. The van der Waals surface area contributed by atoms with E-state index in [1.165, 1.54) is 0 Å². The van der Waals surface area contributed by atoms with Gasteiger partial charge in [0.05, 0.1) is 6.61 Å². The molecule has 0 radical (unpaired) electrons. The molecule has 0 saturated carbocycles. The van der Waals surface area contributed by atoms with E-state index in [-0.39, 0.29) is 0 Å². The lowest BCUT2D eigenvalue weighted by Crippen LogP contribution is -2.20. The second-order valence-corrected chi connectivity index (χ2v) is 4.11. The molecule has 1 atom stereocenters. The monoisotopic (exact) mass is 222 g/mol. The van der Waals surface area contributed by atoms with E-state index in [1.54, 1.807) is 0 Å². The van der Waals surface area contributed by atoms with E-state index >= 15 is 0 Å². The fourth-order valence-electron chi connectivity index (χ4n) is 1.66. The van der Waals surface area contributed by atoms with Gasteiger partial charge in [0.2, 0.25) is 0 Å². The highest BCUT2D eigenvalue weighted by molar-refractivity contribution is 5.43. The molecule has 1 aromatic carbocycles. The largest absolute Gasteiger partial charge is 0.494 e. The topological polar surface area (TPSA) is 61.3 Å². The number of hydrogen-bond donors (Lipinski definition) is 2. The Labute approximate surface area is 97.8 Å². The molecule has 1 unspecified atom stereocenters. The number of nitrogen functional groups attached to an aromatic ring is 1. The molecule has 0 aliphatic heterocycles. The van der Waals surface area contributed by atoms with Gasteiger partial charge < -0.3 is 16.2 Å². The lowest BCUT2D eigenvalue weighted by molar-refractivity contribution is 0.300. The van der Waals surface area contributed by atoms with E-state index in [1.807, 2.05) is 24.3 Å². The van der Waals surface area contributed by atoms with Crippen molar-refractivity contribution in [3.63, 3.8) is 0 Å². The van der Waals surface area contributed by atoms with Crippen LogP contribution in [0.1, 0.15) is 32.6 Å². The van der Waals surface area contributed by atoms with Crippen molar-refractivity contribution >= 4 is 5.69 Å². The van der Waals surface area contributed by atoms with Gasteiger partial charge in [-0.1, -0.05) is 19.4 Å². The SMILES string of the molecule is CCCC(N)CCCOc1cccc(N)c1. The van der Waals surface area contributed by atoms with Crippen molar-refractivity contribution in [2.45, 2.75) is 38.6 Å². The molecule has 0 aliphatic carbocycles. The maximum atomic E-state index is 5.91. The van der Waals surface area contributed by atoms with E-state index in [0.29, 0.717) is 12.6 Å². The van der Waals surface area contributed by atoms with Crippen molar-refractivity contribution in [1.29, 1.82) is 0 Å². The Balaban J connectivity index is 2.16. The quantitative estimate of drug-likeness (QED) is 0.550. The molecule has 3 heteroatoms. The molecular weight excluding hydrogens is 200 g/mol. The van der Waals surface area contributed by atoms with Crippen molar-refractivity contribution in [3.05, 3.63) is 24.3 Å². The second-order valence-electron chi connectivity index (χ2n) is 4.11. The van der Waals surface area contributed by atoms with E-state index in [0.717, 1.165) is 37.1 Å². The zero-order valence-electron chi connectivity index (χ0n) is 9.99. The van der Waals surface area contributed by atoms with Gasteiger partial charge >= 0.3 is 0 Å². The molecule has 0 amide bonds. The molecular formula is C13H22N2O. The first-order chi connectivity index (χ1) is 7.72. The van der Waals surface area contributed by atoms with Crippen LogP contribution in [-0.4, -0.2) is 12.6 Å². The third-order valence-corrected chi connectivity index (χ3v) is 2.51.